The third kappa shape index (κ3) is 5.41. The second kappa shape index (κ2) is 11.1. The molecule has 1 aromatic heterocycles. The molecule has 1 aliphatic rings. The summed E-state index contributed by atoms with van der Waals surface area (Å²) in [5.41, 5.74) is 1.23. The molecule has 3 amide bonds. The molecule has 4 rings (SSSR count). The Morgan fingerprint density at radius 1 is 1.11 bits per heavy atom. The second-order valence-corrected chi connectivity index (χ2v) is 8.93. The Bertz CT molecular complexity index is 1300. The van der Waals surface area contributed by atoms with Crippen molar-refractivity contribution in [1.29, 1.82) is 0 Å². The molecule has 0 spiro atoms. The molecule has 0 saturated carbocycles. The second-order valence-electron chi connectivity index (χ2n) is 8.07. The summed E-state index contributed by atoms with van der Waals surface area (Å²) in [6.45, 7) is 2.66. The van der Waals surface area contributed by atoms with Gasteiger partial charge in [0, 0.05) is 30.0 Å². The number of nitro groups is 1. The van der Waals surface area contributed by atoms with Crippen molar-refractivity contribution in [2.75, 3.05) is 18.5 Å². The van der Waals surface area contributed by atoms with Crippen molar-refractivity contribution in [3.05, 3.63) is 69.1 Å². The summed E-state index contributed by atoms with van der Waals surface area (Å²) in [6.07, 6.45) is 1.93. The molecule has 36 heavy (non-hydrogen) atoms. The van der Waals surface area contributed by atoms with Gasteiger partial charge in [0.2, 0.25) is 5.91 Å². The number of imide groups is 1. The lowest BCUT2D eigenvalue weighted by Gasteiger charge is -2.13. The number of thiazole rings is 1. The number of anilines is 1. The van der Waals surface area contributed by atoms with Crippen LogP contribution in [0.2, 0.25) is 0 Å². The molecule has 2 aromatic carbocycles. The van der Waals surface area contributed by atoms with Crippen LogP contribution in [-0.2, 0) is 4.79 Å². The van der Waals surface area contributed by atoms with E-state index < -0.39 is 16.7 Å². The lowest BCUT2D eigenvalue weighted by Crippen LogP contribution is -2.30. The number of amides is 3. The minimum absolute atomic E-state index is 0.0571. The summed E-state index contributed by atoms with van der Waals surface area (Å²) in [5.74, 6) is -0.552. The predicted molar refractivity (Wildman–Crippen MR) is 134 cm³/mol. The summed E-state index contributed by atoms with van der Waals surface area (Å²) < 4.78 is 5.44. The maximum absolute atomic E-state index is 12.6. The monoisotopic (exact) mass is 508 g/mol. The predicted octanol–water partition coefficient (Wildman–Crippen LogP) is 4.91. The molecular weight excluding hydrogens is 484 g/mol. The topological polar surface area (TPSA) is 132 Å². The number of ether oxygens (including phenoxy) is 1. The molecule has 0 radical (unpaired) electrons. The number of hydrogen-bond donors (Lipinski definition) is 1. The van der Waals surface area contributed by atoms with Gasteiger partial charge >= 0.3 is 0 Å². The number of aromatic nitrogens is 1. The number of benzene rings is 2. The van der Waals surface area contributed by atoms with Crippen LogP contribution < -0.4 is 10.1 Å². The fraction of sp³-hybridized carbons (Fsp3) is 0.280. The van der Waals surface area contributed by atoms with Crippen LogP contribution in [0.25, 0.3) is 11.3 Å². The summed E-state index contributed by atoms with van der Waals surface area (Å²) in [4.78, 5) is 53.4. The highest BCUT2D eigenvalue weighted by atomic mass is 32.1. The van der Waals surface area contributed by atoms with Crippen LogP contribution in [0.5, 0.6) is 5.75 Å². The van der Waals surface area contributed by atoms with Gasteiger partial charge in [0.1, 0.15) is 11.3 Å². The highest BCUT2D eigenvalue weighted by molar-refractivity contribution is 7.14. The molecule has 10 nitrogen and oxygen atoms in total. The number of nitrogens with one attached hydrogen (secondary N) is 1. The van der Waals surface area contributed by atoms with E-state index in [1.807, 2.05) is 36.6 Å². The van der Waals surface area contributed by atoms with Crippen LogP contribution in [0.15, 0.2) is 47.8 Å². The van der Waals surface area contributed by atoms with Gasteiger partial charge in [-0.25, -0.2) is 4.98 Å². The quantitative estimate of drug-likeness (QED) is 0.168. The maximum atomic E-state index is 12.6. The van der Waals surface area contributed by atoms with Crippen LogP contribution in [0, 0.1) is 10.1 Å². The van der Waals surface area contributed by atoms with Gasteiger partial charge < -0.3 is 10.1 Å². The number of carbonyl (C=O) groups excluding carboxylic acids is 3. The summed E-state index contributed by atoms with van der Waals surface area (Å²) in [5, 5.41) is 16.4. The Balaban J connectivity index is 1.21. The van der Waals surface area contributed by atoms with Crippen molar-refractivity contribution in [1.82, 2.24) is 9.88 Å². The van der Waals surface area contributed by atoms with E-state index in [1.165, 1.54) is 29.5 Å². The summed E-state index contributed by atoms with van der Waals surface area (Å²) in [6, 6.07) is 11.6. The highest BCUT2D eigenvalue weighted by Crippen LogP contribution is 2.31. The molecule has 1 aliphatic heterocycles. The minimum atomic E-state index is -0.657. The molecule has 0 saturated heterocycles. The Morgan fingerprint density at radius 3 is 2.61 bits per heavy atom. The van der Waals surface area contributed by atoms with Crippen molar-refractivity contribution in [3.63, 3.8) is 0 Å². The Kier molecular flexibility index (Phi) is 7.69. The van der Waals surface area contributed by atoms with E-state index in [9.17, 15) is 24.5 Å². The van der Waals surface area contributed by atoms with Gasteiger partial charge in [0.15, 0.2) is 5.13 Å². The SMILES string of the molecule is CCOc1ccc(-c2csc(NC(=O)CCCCCN3C(=O)c4cccc([N+](=O)[O-])c4C3=O)n2)cc1. The molecule has 186 valence electrons. The summed E-state index contributed by atoms with van der Waals surface area (Å²) >= 11 is 1.34. The molecule has 2 heterocycles. The van der Waals surface area contributed by atoms with Crippen LogP contribution in [-0.4, -0.2) is 45.7 Å². The molecule has 1 N–H and O–H groups in total. The van der Waals surface area contributed by atoms with Crippen molar-refractivity contribution in [3.8, 4) is 17.0 Å². The van der Waals surface area contributed by atoms with Crippen LogP contribution in [0.4, 0.5) is 10.8 Å². The molecule has 11 heteroatoms. The van der Waals surface area contributed by atoms with Gasteiger partial charge in [-0.1, -0.05) is 12.5 Å². The molecular formula is C25H24N4O6S. The number of unbranched alkanes of at least 4 members (excludes halogenated alkanes) is 2. The third-order valence-corrected chi connectivity index (χ3v) is 6.43. The Labute approximate surface area is 211 Å². The molecule has 0 unspecified atom stereocenters. The average molecular weight is 509 g/mol. The van der Waals surface area contributed by atoms with Crippen LogP contribution in [0.1, 0.15) is 53.3 Å². The number of nitrogens with zero attached hydrogens (tertiary/aromatic N) is 3. The number of rotatable bonds is 11. The van der Waals surface area contributed by atoms with Crippen LogP contribution in [0.3, 0.4) is 0 Å². The highest BCUT2D eigenvalue weighted by Gasteiger charge is 2.40. The lowest BCUT2D eigenvalue weighted by atomic mass is 10.1. The number of hydrogen-bond acceptors (Lipinski definition) is 8. The van der Waals surface area contributed by atoms with Crippen molar-refractivity contribution < 1.29 is 24.0 Å². The third-order valence-electron chi connectivity index (χ3n) is 5.67. The first kappa shape index (κ1) is 25.0. The van der Waals surface area contributed by atoms with Crippen molar-refractivity contribution in [2.45, 2.75) is 32.6 Å². The largest absolute Gasteiger partial charge is 0.494 e. The standard InChI is InChI=1S/C25H24N4O6S/c1-2-35-17-12-10-16(11-13-17)19-15-36-25(26-19)27-21(30)9-4-3-5-14-28-23(31)18-7-6-8-20(29(33)34)22(18)24(28)32/h6-8,10-13,15H,2-5,9,14H2,1H3,(H,26,27,30). The number of fused-ring (bicyclic) bond motifs is 1. The molecule has 0 atom stereocenters. The molecule has 3 aromatic rings. The van der Waals surface area contributed by atoms with Gasteiger partial charge in [0.05, 0.1) is 22.8 Å². The van der Waals surface area contributed by atoms with Crippen molar-refractivity contribution >= 4 is 39.9 Å². The van der Waals surface area contributed by atoms with E-state index in [4.69, 9.17) is 4.74 Å². The fourth-order valence-corrected chi connectivity index (χ4v) is 4.67. The summed E-state index contributed by atoms with van der Waals surface area (Å²) in [7, 11) is 0. The van der Waals surface area contributed by atoms with Gasteiger partial charge in [-0.15, -0.1) is 11.3 Å². The van der Waals surface area contributed by atoms with Crippen LogP contribution >= 0.6 is 11.3 Å². The average Bonchev–Trinajstić information content (AvgIpc) is 3.42. The minimum Gasteiger partial charge on any atom is -0.494 e. The maximum Gasteiger partial charge on any atom is 0.282 e. The van der Waals surface area contributed by atoms with Gasteiger partial charge in [-0.3, -0.25) is 29.4 Å². The first-order valence-electron chi connectivity index (χ1n) is 11.5. The van der Waals surface area contributed by atoms with E-state index in [1.54, 1.807) is 0 Å². The van der Waals surface area contributed by atoms with E-state index in [0.29, 0.717) is 31.0 Å². The normalized spacial score (nSPS) is 12.5. The fourth-order valence-electron chi connectivity index (χ4n) is 3.94. The molecule has 0 fully saturated rings. The zero-order valence-electron chi connectivity index (χ0n) is 19.6. The molecule has 0 bridgehead atoms. The van der Waals surface area contributed by atoms with Gasteiger partial charge in [-0.2, -0.15) is 0 Å². The van der Waals surface area contributed by atoms with E-state index in [0.717, 1.165) is 21.9 Å². The van der Waals surface area contributed by atoms with Crippen molar-refractivity contribution in [2.24, 2.45) is 0 Å². The van der Waals surface area contributed by atoms with Gasteiger partial charge in [0.25, 0.3) is 17.5 Å². The smallest absolute Gasteiger partial charge is 0.282 e. The van der Waals surface area contributed by atoms with Gasteiger partial charge in [-0.05, 0) is 50.1 Å². The molecule has 0 aliphatic carbocycles. The first-order valence-corrected chi connectivity index (χ1v) is 12.4. The van der Waals surface area contributed by atoms with E-state index in [-0.39, 0.29) is 35.7 Å². The first-order chi connectivity index (χ1) is 17.4. The number of carbonyl (C=O) groups is 3. The Morgan fingerprint density at radius 2 is 1.89 bits per heavy atom. The number of nitro benzene ring substituents is 1. The van der Waals surface area contributed by atoms with E-state index >= 15 is 0 Å². The lowest BCUT2D eigenvalue weighted by molar-refractivity contribution is -0.385. The Hall–Kier alpha value is -4.12. The van der Waals surface area contributed by atoms with E-state index in [2.05, 4.69) is 10.3 Å². The zero-order valence-corrected chi connectivity index (χ0v) is 20.4. The zero-order chi connectivity index (χ0) is 25.7.